The Morgan fingerprint density at radius 1 is 1.41 bits per heavy atom. The van der Waals surface area contributed by atoms with Gasteiger partial charge in [-0.15, -0.1) is 0 Å². The number of carbonyl (C=O) groups excluding carboxylic acids is 1. The summed E-state index contributed by atoms with van der Waals surface area (Å²) in [6.07, 6.45) is 2.66. The van der Waals surface area contributed by atoms with Gasteiger partial charge in [0.1, 0.15) is 0 Å². The van der Waals surface area contributed by atoms with Gasteiger partial charge >= 0.3 is 6.03 Å². The van der Waals surface area contributed by atoms with E-state index >= 15 is 0 Å². The van der Waals surface area contributed by atoms with Crippen molar-refractivity contribution in [3.05, 3.63) is 29.8 Å². The zero-order valence-corrected chi connectivity index (χ0v) is 14.3. The molecule has 6 heteroatoms. The van der Waals surface area contributed by atoms with E-state index in [1.165, 1.54) is 5.56 Å². The maximum Gasteiger partial charge on any atom is 0.317 e. The Morgan fingerprint density at radius 3 is 2.68 bits per heavy atom. The highest BCUT2D eigenvalue weighted by atomic mass is 32.2. The first kappa shape index (κ1) is 17.0. The second-order valence-corrected chi connectivity index (χ2v) is 7.06. The van der Waals surface area contributed by atoms with E-state index in [1.54, 1.807) is 6.26 Å². The standard InChI is InChI=1S/C16H25N3O2S/c1-4-17-16(20)19-10-9-14(11-19)18-12(2)13-5-7-15(8-6-13)22(3)21/h5-8,12,14,18H,4,9-11H2,1-3H3,(H,17,20)/t12-,14-,22-/m0/s1. The third kappa shape index (κ3) is 4.30. The largest absolute Gasteiger partial charge is 0.338 e. The van der Waals surface area contributed by atoms with Crippen molar-refractivity contribution < 1.29 is 9.00 Å². The molecule has 2 N–H and O–H groups in total. The van der Waals surface area contributed by atoms with Crippen LogP contribution >= 0.6 is 0 Å². The first-order valence-electron chi connectivity index (χ1n) is 7.73. The van der Waals surface area contributed by atoms with Crippen molar-refractivity contribution in [2.45, 2.75) is 37.2 Å². The third-order valence-corrected chi connectivity index (χ3v) is 4.94. The van der Waals surface area contributed by atoms with E-state index in [-0.39, 0.29) is 12.1 Å². The molecule has 2 rings (SSSR count). The highest BCUT2D eigenvalue weighted by molar-refractivity contribution is 7.84. The summed E-state index contributed by atoms with van der Waals surface area (Å²) in [6, 6.07) is 8.42. The van der Waals surface area contributed by atoms with Gasteiger partial charge in [-0.3, -0.25) is 4.21 Å². The van der Waals surface area contributed by atoms with Crippen LogP contribution in [0.25, 0.3) is 0 Å². The predicted molar refractivity (Wildman–Crippen MR) is 89.4 cm³/mol. The highest BCUT2D eigenvalue weighted by Crippen LogP contribution is 2.18. The lowest BCUT2D eigenvalue weighted by molar-refractivity contribution is 0.208. The summed E-state index contributed by atoms with van der Waals surface area (Å²) < 4.78 is 11.4. The number of benzene rings is 1. The fourth-order valence-corrected chi connectivity index (χ4v) is 3.26. The Morgan fingerprint density at radius 2 is 2.09 bits per heavy atom. The lowest BCUT2D eigenvalue weighted by Crippen LogP contribution is -2.41. The molecule has 1 saturated heterocycles. The van der Waals surface area contributed by atoms with Crippen molar-refractivity contribution in [1.29, 1.82) is 0 Å². The van der Waals surface area contributed by atoms with Gasteiger partial charge in [-0.2, -0.15) is 0 Å². The lowest BCUT2D eigenvalue weighted by atomic mass is 10.1. The monoisotopic (exact) mass is 323 g/mol. The van der Waals surface area contributed by atoms with Gasteiger partial charge in [-0.05, 0) is 38.0 Å². The Labute approximate surface area is 134 Å². The van der Waals surface area contributed by atoms with Crippen molar-refractivity contribution in [2.24, 2.45) is 0 Å². The number of nitrogens with zero attached hydrogens (tertiary/aromatic N) is 1. The van der Waals surface area contributed by atoms with Gasteiger partial charge in [-0.25, -0.2) is 4.79 Å². The Hall–Kier alpha value is -1.40. The minimum Gasteiger partial charge on any atom is -0.338 e. The summed E-state index contributed by atoms with van der Waals surface area (Å²) in [5, 5.41) is 6.41. The molecule has 0 aromatic heterocycles. The maximum atomic E-state index is 11.8. The average molecular weight is 323 g/mol. The molecule has 1 aliphatic rings. The quantitative estimate of drug-likeness (QED) is 0.870. The van der Waals surface area contributed by atoms with Gasteiger partial charge in [0.05, 0.1) is 0 Å². The predicted octanol–water partition coefficient (Wildman–Crippen LogP) is 1.88. The summed E-state index contributed by atoms with van der Waals surface area (Å²) in [6.45, 7) is 6.25. The van der Waals surface area contributed by atoms with E-state index in [4.69, 9.17) is 0 Å². The lowest BCUT2D eigenvalue weighted by Gasteiger charge is -2.21. The summed E-state index contributed by atoms with van der Waals surface area (Å²) in [5.41, 5.74) is 1.17. The van der Waals surface area contributed by atoms with Gasteiger partial charge in [0.25, 0.3) is 0 Å². The van der Waals surface area contributed by atoms with Crippen LogP contribution < -0.4 is 10.6 Å². The van der Waals surface area contributed by atoms with Crippen LogP contribution in [0.3, 0.4) is 0 Å². The van der Waals surface area contributed by atoms with Crippen LogP contribution in [0.4, 0.5) is 4.79 Å². The number of likely N-dealkylation sites (tertiary alicyclic amines) is 1. The van der Waals surface area contributed by atoms with Crippen molar-refractivity contribution >= 4 is 16.8 Å². The van der Waals surface area contributed by atoms with Crippen LogP contribution in [0.15, 0.2) is 29.2 Å². The zero-order chi connectivity index (χ0) is 16.1. The molecule has 0 aliphatic carbocycles. The SMILES string of the molecule is CCNC(=O)N1CC[C@H](N[C@@H](C)c2ccc([S@](C)=O)cc2)C1. The van der Waals surface area contributed by atoms with Crippen molar-refractivity contribution in [3.8, 4) is 0 Å². The smallest absolute Gasteiger partial charge is 0.317 e. The average Bonchev–Trinajstić information content (AvgIpc) is 2.96. The molecule has 0 radical (unpaired) electrons. The van der Waals surface area contributed by atoms with Gasteiger partial charge in [0.15, 0.2) is 0 Å². The molecule has 22 heavy (non-hydrogen) atoms. The van der Waals surface area contributed by atoms with Crippen LogP contribution in [-0.2, 0) is 10.8 Å². The van der Waals surface area contributed by atoms with E-state index < -0.39 is 10.8 Å². The third-order valence-electron chi connectivity index (χ3n) is 4.00. The fraction of sp³-hybridized carbons (Fsp3) is 0.562. The molecule has 0 bridgehead atoms. The molecule has 2 amide bonds. The van der Waals surface area contributed by atoms with Gasteiger partial charge in [0.2, 0.25) is 0 Å². The highest BCUT2D eigenvalue weighted by Gasteiger charge is 2.26. The summed E-state index contributed by atoms with van der Waals surface area (Å²) in [5.74, 6) is 0. The Kier molecular flexibility index (Phi) is 5.97. The Balaban J connectivity index is 1.88. The fourth-order valence-electron chi connectivity index (χ4n) is 2.74. The van der Waals surface area contributed by atoms with Crippen LogP contribution in [0.5, 0.6) is 0 Å². The van der Waals surface area contributed by atoms with Gasteiger partial charge in [0, 0.05) is 53.7 Å². The van der Waals surface area contributed by atoms with Crippen molar-refractivity contribution in [3.63, 3.8) is 0 Å². The first-order chi connectivity index (χ1) is 10.5. The van der Waals surface area contributed by atoms with Crippen molar-refractivity contribution in [1.82, 2.24) is 15.5 Å². The van der Waals surface area contributed by atoms with Crippen molar-refractivity contribution in [2.75, 3.05) is 25.9 Å². The second-order valence-electron chi connectivity index (χ2n) is 5.68. The summed E-state index contributed by atoms with van der Waals surface area (Å²) >= 11 is 0. The zero-order valence-electron chi connectivity index (χ0n) is 13.5. The van der Waals surface area contributed by atoms with Crippen LogP contribution in [0, 0.1) is 0 Å². The topological polar surface area (TPSA) is 61.4 Å². The molecule has 122 valence electrons. The number of rotatable bonds is 5. The molecule has 1 aromatic carbocycles. The first-order valence-corrected chi connectivity index (χ1v) is 9.29. The molecule has 0 saturated carbocycles. The molecule has 1 fully saturated rings. The van der Waals surface area contributed by atoms with Crippen LogP contribution in [0.2, 0.25) is 0 Å². The van der Waals surface area contributed by atoms with Crippen LogP contribution in [0.1, 0.15) is 31.9 Å². The molecular weight excluding hydrogens is 298 g/mol. The van der Waals surface area contributed by atoms with Crippen LogP contribution in [-0.4, -0.2) is 47.1 Å². The second kappa shape index (κ2) is 7.74. The number of hydrogen-bond donors (Lipinski definition) is 2. The summed E-state index contributed by atoms with van der Waals surface area (Å²) in [4.78, 5) is 14.5. The molecule has 0 unspecified atom stereocenters. The van der Waals surface area contributed by atoms with Gasteiger partial charge in [-0.1, -0.05) is 12.1 Å². The van der Waals surface area contributed by atoms with E-state index in [9.17, 15) is 9.00 Å². The number of hydrogen-bond acceptors (Lipinski definition) is 3. The minimum atomic E-state index is -0.938. The van der Waals surface area contributed by atoms with E-state index in [2.05, 4.69) is 17.6 Å². The molecular formula is C16H25N3O2S. The van der Waals surface area contributed by atoms with E-state index in [0.29, 0.717) is 12.6 Å². The number of urea groups is 1. The summed E-state index contributed by atoms with van der Waals surface area (Å²) in [7, 11) is -0.938. The molecule has 1 heterocycles. The minimum absolute atomic E-state index is 0.0224. The number of nitrogens with one attached hydrogen (secondary N) is 2. The van der Waals surface area contributed by atoms with Gasteiger partial charge < -0.3 is 15.5 Å². The number of amides is 2. The maximum absolute atomic E-state index is 11.8. The molecule has 1 aromatic rings. The van der Waals surface area contributed by atoms with E-state index in [1.807, 2.05) is 36.1 Å². The molecule has 5 nitrogen and oxygen atoms in total. The number of carbonyl (C=O) groups is 1. The molecule has 0 spiro atoms. The normalized spacial score (nSPS) is 20.7. The Bertz CT molecular complexity index is 533. The van der Waals surface area contributed by atoms with E-state index in [0.717, 1.165) is 24.4 Å². The molecule has 3 atom stereocenters. The molecule has 1 aliphatic heterocycles.